The van der Waals surface area contributed by atoms with Crippen molar-refractivity contribution in [2.45, 2.75) is 52.0 Å². The smallest absolute Gasteiger partial charge is 0.129 e. The Morgan fingerprint density at radius 2 is 2.06 bits per heavy atom. The summed E-state index contributed by atoms with van der Waals surface area (Å²) in [7, 11) is 0. The third kappa shape index (κ3) is 2.75. The molecule has 1 aliphatic rings. The van der Waals surface area contributed by atoms with E-state index in [4.69, 9.17) is 0 Å². The second kappa shape index (κ2) is 5.33. The van der Waals surface area contributed by atoms with E-state index in [9.17, 15) is 0 Å². The van der Waals surface area contributed by atoms with Gasteiger partial charge in [0.15, 0.2) is 0 Å². The van der Waals surface area contributed by atoms with Crippen molar-refractivity contribution in [2.75, 3.05) is 5.32 Å². The third-order valence-corrected chi connectivity index (χ3v) is 3.73. The summed E-state index contributed by atoms with van der Waals surface area (Å²) < 4.78 is 0. The van der Waals surface area contributed by atoms with Gasteiger partial charge < -0.3 is 5.32 Å². The normalized spacial score (nSPS) is 19.4. The second-order valence-electron chi connectivity index (χ2n) is 5.00. The van der Waals surface area contributed by atoms with Gasteiger partial charge in [0.1, 0.15) is 5.82 Å². The number of nitrogens with one attached hydrogen (secondary N) is 1. The maximum Gasteiger partial charge on any atom is 0.129 e. The standard InChI is InChI=1S/C14H22N2/c1-11-7-6-10-15-14(11)16-12(2)13-8-4-3-5-9-13/h6-7,10,12-13H,3-5,8-9H2,1-2H3,(H,15,16). The fraction of sp³-hybridized carbons (Fsp3) is 0.643. The molecule has 0 spiro atoms. The maximum absolute atomic E-state index is 4.40. The molecule has 1 aromatic rings. The van der Waals surface area contributed by atoms with E-state index in [0.29, 0.717) is 6.04 Å². The van der Waals surface area contributed by atoms with Gasteiger partial charge in [-0.3, -0.25) is 0 Å². The van der Waals surface area contributed by atoms with Crippen LogP contribution in [0.25, 0.3) is 0 Å². The molecule has 2 rings (SSSR count). The van der Waals surface area contributed by atoms with Gasteiger partial charge in [0, 0.05) is 12.2 Å². The van der Waals surface area contributed by atoms with Gasteiger partial charge in [-0.1, -0.05) is 25.3 Å². The molecule has 16 heavy (non-hydrogen) atoms. The molecule has 2 heteroatoms. The van der Waals surface area contributed by atoms with Crippen LogP contribution in [0.15, 0.2) is 18.3 Å². The molecule has 0 aromatic carbocycles. The van der Waals surface area contributed by atoms with E-state index in [-0.39, 0.29) is 0 Å². The Hall–Kier alpha value is -1.05. The SMILES string of the molecule is Cc1cccnc1NC(C)C1CCCCC1. The molecular formula is C14H22N2. The molecule has 0 saturated heterocycles. The molecule has 1 atom stereocenters. The first-order valence-electron chi connectivity index (χ1n) is 6.45. The van der Waals surface area contributed by atoms with Crippen LogP contribution in [0.3, 0.4) is 0 Å². The Labute approximate surface area is 98.5 Å². The van der Waals surface area contributed by atoms with Gasteiger partial charge in [-0.05, 0) is 44.2 Å². The summed E-state index contributed by atoms with van der Waals surface area (Å²) in [5, 5.41) is 3.57. The van der Waals surface area contributed by atoms with E-state index in [1.165, 1.54) is 37.7 Å². The lowest BCUT2D eigenvalue weighted by Gasteiger charge is -2.29. The summed E-state index contributed by atoms with van der Waals surface area (Å²) in [5.41, 5.74) is 1.24. The van der Waals surface area contributed by atoms with Gasteiger partial charge in [0.05, 0.1) is 0 Å². The van der Waals surface area contributed by atoms with Crippen LogP contribution < -0.4 is 5.32 Å². The van der Waals surface area contributed by atoms with Crippen LogP contribution in [0.4, 0.5) is 5.82 Å². The molecule has 0 amide bonds. The molecule has 0 bridgehead atoms. The minimum atomic E-state index is 0.550. The van der Waals surface area contributed by atoms with Crippen molar-refractivity contribution < 1.29 is 0 Å². The first kappa shape index (κ1) is 11.4. The summed E-state index contributed by atoms with van der Waals surface area (Å²) in [6, 6.07) is 4.66. The minimum Gasteiger partial charge on any atom is -0.367 e. The van der Waals surface area contributed by atoms with Crippen molar-refractivity contribution in [3.05, 3.63) is 23.9 Å². The molecule has 1 heterocycles. The summed E-state index contributed by atoms with van der Waals surface area (Å²) in [4.78, 5) is 4.40. The monoisotopic (exact) mass is 218 g/mol. The zero-order valence-corrected chi connectivity index (χ0v) is 10.4. The summed E-state index contributed by atoms with van der Waals surface area (Å²) in [6.45, 7) is 4.41. The second-order valence-corrected chi connectivity index (χ2v) is 5.00. The topological polar surface area (TPSA) is 24.9 Å². The Morgan fingerprint density at radius 3 is 2.75 bits per heavy atom. The van der Waals surface area contributed by atoms with Gasteiger partial charge in [0.25, 0.3) is 0 Å². The zero-order valence-electron chi connectivity index (χ0n) is 10.4. The molecule has 1 unspecified atom stereocenters. The average Bonchev–Trinajstić information content (AvgIpc) is 2.33. The van der Waals surface area contributed by atoms with E-state index in [1.54, 1.807) is 0 Å². The molecule has 1 N–H and O–H groups in total. The summed E-state index contributed by atoms with van der Waals surface area (Å²) in [5.74, 6) is 1.88. The molecule has 2 nitrogen and oxygen atoms in total. The molecule has 0 aliphatic heterocycles. The fourth-order valence-corrected chi connectivity index (χ4v) is 2.60. The van der Waals surface area contributed by atoms with Crippen LogP contribution >= 0.6 is 0 Å². The number of hydrogen-bond acceptors (Lipinski definition) is 2. The van der Waals surface area contributed by atoms with Crippen molar-refractivity contribution in [2.24, 2.45) is 5.92 Å². The number of nitrogens with zero attached hydrogens (tertiary/aromatic N) is 1. The number of hydrogen-bond donors (Lipinski definition) is 1. The first-order chi connectivity index (χ1) is 7.77. The number of aromatic nitrogens is 1. The lowest BCUT2D eigenvalue weighted by molar-refractivity contribution is 0.328. The Kier molecular flexibility index (Phi) is 3.81. The van der Waals surface area contributed by atoms with Crippen LogP contribution in [0.1, 0.15) is 44.6 Å². The van der Waals surface area contributed by atoms with Gasteiger partial charge in [-0.2, -0.15) is 0 Å². The van der Waals surface area contributed by atoms with Crippen LogP contribution in [-0.2, 0) is 0 Å². The van der Waals surface area contributed by atoms with Crippen LogP contribution in [-0.4, -0.2) is 11.0 Å². The molecule has 1 aliphatic carbocycles. The van der Waals surface area contributed by atoms with Gasteiger partial charge in [-0.15, -0.1) is 0 Å². The van der Waals surface area contributed by atoms with Crippen LogP contribution in [0.2, 0.25) is 0 Å². The van der Waals surface area contributed by atoms with Crippen molar-refractivity contribution in [3.8, 4) is 0 Å². The lowest BCUT2D eigenvalue weighted by atomic mass is 9.84. The highest BCUT2D eigenvalue weighted by Gasteiger charge is 2.20. The Morgan fingerprint density at radius 1 is 1.31 bits per heavy atom. The highest BCUT2D eigenvalue weighted by Crippen LogP contribution is 2.28. The van der Waals surface area contributed by atoms with Crippen molar-refractivity contribution in [1.29, 1.82) is 0 Å². The Balaban J connectivity index is 1.96. The number of anilines is 1. The lowest BCUT2D eigenvalue weighted by Crippen LogP contribution is -2.28. The Bertz CT molecular complexity index is 329. The van der Waals surface area contributed by atoms with Crippen LogP contribution in [0.5, 0.6) is 0 Å². The molecule has 88 valence electrons. The first-order valence-corrected chi connectivity index (χ1v) is 6.45. The van der Waals surface area contributed by atoms with Crippen molar-refractivity contribution in [3.63, 3.8) is 0 Å². The predicted octanol–water partition coefficient (Wildman–Crippen LogP) is 3.77. The van der Waals surface area contributed by atoms with Crippen LogP contribution in [0, 0.1) is 12.8 Å². The quantitative estimate of drug-likeness (QED) is 0.835. The molecule has 0 radical (unpaired) electrons. The van der Waals surface area contributed by atoms with Gasteiger partial charge in [-0.25, -0.2) is 4.98 Å². The molecule has 1 saturated carbocycles. The number of rotatable bonds is 3. The van der Waals surface area contributed by atoms with E-state index in [2.05, 4.69) is 30.2 Å². The van der Waals surface area contributed by atoms with Gasteiger partial charge >= 0.3 is 0 Å². The van der Waals surface area contributed by atoms with Crippen molar-refractivity contribution >= 4 is 5.82 Å². The van der Waals surface area contributed by atoms with E-state index in [0.717, 1.165) is 11.7 Å². The highest BCUT2D eigenvalue weighted by molar-refractivity contribution is 5.43. The van der Waals surface area contributed by atoms with E-state index >= 15 is 0 Å². The summed E-state index contributed by atoms with van der Waals surface area (Å²) >= 11 is 0. The minimum absolute atomic E-state index is 0.550. The van der Waals surface area contributed by atoms with Gasteiger partial charge in [0.2, 0.25) is 0 Å². The van der Waals surface area contributed by atoms with E-state index in [1.807, 2.05) is 12.3 Å². The molecular weight excluding hydrogens is 196 g/mol. The molecule has 1 fully saturated rings. The summed E-state index contributed by atoms with van der Waals surface area (Å²) in [6.07, 6.45) is 8.84. The number of aryl methyl sites for hydroxylation is 1. The number of pyridine rings is 1. The zero-order chi connectivity index (χ0) is 11.4. The molecule has 1 aromatic heterocycles. The fourth-order valence-electron chi connectivity index (χ4n) is 2.60. The largest absolute Gasteiger partial charge is 0.367 e. The predicted molar refractivity (Wildman–Crippen MR) is 68.6 cm³/mol. The van der Waals surface area contributed by atoms with E-state index < -0.39 is 0 Å². The highest BCUT2D eigenvalue weighted by atomic mass is 15.0. The third-order valence-electron chi connectivity index (χ3n) is 3.73. The maximum atomic E-state index is 4.40. The van der Waals surface area contributed by atoms with Crippen molar-refractivity contribution in [1.82, 2.24) is 4.98 Å². The average molecular weight is 218 g/mol.